The van der Waals surface area contributed by atoms with Gasteiger partial charge in [-0.3, -0.25) is 9.59 Å². The summed E-state index contributed by atoms with van der Waals surface area (Å²) in [5, 5.41) is 0. The van der Waals surface area contributed by atoms with Crippen molar-refractivity contribution in [3.8, 4) is 0 Å². The molecule has 5 nitrogen and oxygen atoms in total. The van der Waals surface area contributed by atoms with Crippen LogP contribution >= 0.6 is 0 Å². The molecule has 2 aliphatic heterocycles. The number of likely N-dealkylation sites (N-methyl/N-ethyl adjacent to an activating group) is 1. The highest BCUT2D eigenvalue weighted by atomic mass is 16.2. The maximum atomic E-state index is 12.2. The molecule has 0 aromatic rings. The first-order chi connectivity index (χ1) is 8.99. The number of rotatable bonds is 3. The molecule has 1 atom stereocenters. The first kappa shape index (κ1) is 14.3. The van der Waals surface area contributed by atoms with Crippen LogP contribution in [0.25, 0.3) is 0 Å². The van der Waals surface area contributed by atoms with Crippen molar-refractivity contribution in [2.45, 2.75) is 20.3 Å². The van der Waals surface area contributed by atoms with Crippen molar-refractivity contribution >= 4 is 11.8 Å². The lowest BCUT2D eigenvalue weighted by molar-refractivity contribution is -0.141. The van der Waals surface area contributed by atoms with Gasteiger partial charge in [0.2, 0.25) is 11.8 Å². The van der Waals surface area contributed by atoms with Gasteiger partial charge in [0.1, 0.15) is 0 Å². The van der Waals surface area contributed by atoms with Crippen molar-refractivity contribution in [1.82, 2.24) is 14.7 Å². The number of amides is 2. The molecule has 0 bridgehead atoms. The fourth-order valence-corrected chi connectivity index (χ4v) is 2.86. The molecule has 0 spiro atoms. The SMILES string of the molecule is CC(C)[C@H]1CCN(CC(=O)N2CCN(C)CC2)C1=O. The van der Waals surface area contributed by atoms with Crippen LogP contribution in [0.15, 0.2) is 0 Å². The molecule has 2 amide bonds. The highest BCUT2D eigenvalue weighted by Crippen LogP contribution is 2.25. The quantitative estimate of drug-likeness (QED) is 0.737. The Balaban J connectivity index is 1.85. The molecule has 5 heteroatoms. The molecule has 19 heavy (non-hydrogen) atoms. The van der Waals surface area contributed by atoms with Gasteiger partial charge in [0.15, 0.2) is 0 Å². The number of hydrogen-bond donors (Lipinski definition) is 0. The van der Waals surface area contributed by atoms with E-state index in [0.717, 1.165) is 39.1 Å². The molecular weight excluding hydrogens is 242 g/mol. The summed E-state index contributed by atoms with van der Waals surface area (Å²) in [5.41, 5.74) is 0. The Kier molecular flexibility index (Phi) is 4.45. The van der Waals surface area contributed by atoms with Crippen LogP contribution in [0.5, 0.6) is 0 Å². The van der Waals surface area contributed by atoms with E-state index in [4.69, 9.17) is 0 Å². The molecule has 2 fully saturated rings. The van der Waals surface area contributed by atoms with Crippen LogP contribution in [-0.2, 0) is 9.59 Å². The van der Waals surface area contributed by atoms with Crippen molar-refractivity contribution in [2.24, 2.45) is 11.8 Å². The van der Waals surface area contributed by atoms with Crippen molar-refractivity contribution in [1.29, 1.82) is 0 Å². The third-order valence-corrected chi connectivity index (χ3v) is 4.33. The van der Waals surface area contributed by atoms with Gasteiger partial charge in [0.25, 0.3) is 0 Å². The summed E-state index contributed by atoms with van der Waals surface area (Å²) in [4.78, 5) is 30.2. The Morgan fingerprint density at radius 1 is 1.21 bits per heavy atom. The Morgan fingerprint density at radius 3 is 2.37 bits per heavy atom. The molecule has 0 aromatic heterocycles. The first-order valence-corrected chi connectivity index (χ1v) is 7.24. The van der Waals surface area contributed by atoms with Crippen LogP contribution in [0.1, 0.15) is 20.3 Å². The predicted molar refractivity (Wildman–Crippen MR) is 73.6 cm³/mol. The lowest BCUT2D eigenvalue weighted by Gasteiger charge is -2.33. The summed E-state index contributed by atoms with van der Waals surface area (Å²) >= 11 is 0. The van der Waals surface area contributed by atoms with Crippen molar-refractivity contribution < 1.29 is 9.59 Å². The smallest absolute Gasteiger partial charge is 0.242 e. The summed E-state index contributed by atoms with van der Waals surface area (Å²) in [7, 11) is 2.07. The van der Waals surface area contributed by atoms with Gasteiger partial charge in [-0.2, -0.15) is 0 Å². The van der Waals surface area contributed by atoms with Gasteiger partial charge >= 0.3 is 0 Å². The molecule has 0 aliphatic carbocycles. The van der Waals surface area contributed by atoms with E-state index in [1.165, 1.54) is 0 Å². The summed E-state index contributed by atoms with van der Waals surface area (Å²) < 4.78 is 0. The molecule has 0 saturated carbocycles. The maximum Gasteiger partial charge on any atom is 0.242 e. The van der Waals surface area contributed by atoms with Crippen LogP contribution in [0.3, 0.4) is 0 Å². The Hall–Kier alpha value is -1.10. The van der Waals surface area contributed by atoms with E-state index in [2.05, 4.69) is 25.8 Å². The van der Waals surface area contributed by atoms with Gasteiger partial charge in [-0.25, -0.2) is 0 Å². The second kappa shape index (κ2) is 5.90. The van der Waals surface area contributed by atoms with Crippen LogP contribution in [0, 0.1) is 11.8 Å². The van der Waals surface area contributed by atoms with Crippen molar-refractivity contribution in [3.63, 3.8) is 0 Å². The van der Waals surface area contributed by atoms with E-state index in [1.54, 1.807) is 4.90 Å². The lowest BCUT2D eigenvalue weighted by atomic mass is 9.95. The van der Waals surface area contributed by atoms with Crippen LogP contribution < -0.4 is 0 Å². The zero-order valence-corrected chi connectivity index (χ0v) is 12.3. The second-order valence-electron chi connectivity index (χ2n) is 6.08. The number of hydrogen-bond acceptors (Lipinski definition) is 3. The zero-order chi connectivity index (χ0) is 14.0. The standard InChI is InChI=1S/C14H25N3O2/c1-11(2)12-4-5-17(14(12)19)10-13(18)16-8-6-15(3)7-9-16/h11-12H,4-10H2,1-3H3/t12-/m1/s1. The van der Waals surface area contributed by atoms with Crippen LogP contribution in [0.2, 0.25) is 0 Å². The minimum Gasteiger partial charge on any atom is -0.339 e. The molecule has 108 valence electrons. The zero-order valence-electron chi connectivity index (χ0n) is 12.3. The third kappa shape index (κ3) is 3.26. The monoisotopic (exact) mass is 267 g/mol. The van der Waals surface area contributed by atoms with E-state index < -0.39 is 0 Å². The summed E-state index contributed by atoms with van der Waals surface area (Å²) in [6.45, 7) is 8.58. The van der Waals surface area contributed by atoms with E-state index in [-0.39, 0.29) is 24.3 Å². The minimum atomic E-state index is 0.103. The van der Waals surface area contributed by atoms with Gasteiger partial charge in [-0.1, -0.05) is 13.8 Å². The normalized spacial score (nSPS) is 25.5. The predicted octanol–water partition coefficient (Wildman–Crippen LogP) is 0.265. The van der Waals surface area contributed by atoms with E-state index in [1.807, 2.05) is 4.90 Å². The van der Waals surface area contributed by atoms with Crippen molar-refractivity contribution in [3.05, 3.63) is 0 Å². The van der Waals surface area contributed by atoms with Gasteiger partial charge < -0.3 is 14.7 Å². The maximum absolute atomic E-state index is 12.2. The molecule has 0 radical (unpaired) electrons. The molecule has 2 aliphatic rings. The molecule has 0 aromatic carbocycles. The number of nitrogens with zero attached hydrogens (tertiary/aromatic N) is 3. The molecule has 2 saturated heterocycles. The fraction of sp³-hybridized carbons (Fsp3) is 0.857. The Labute approximate surface area is 115 Å². The fourth-order valence-electron chi connectivity index (χ4n) is 2.86. The van der Waals surface area contributed by atoms with Crippen LogP contribution in [0.4, 0.5) is 0 Å². The van der Waals surface area contributed by atoms with E-state index in [9.17, 15) is 9.59 Å². The molecule has 0 N–H and O–H groups in total. The summed E-state index contributed by atoms with van der Waals surface area (Å²) in [5.74, 6) is 0.750. The summed E-state index contributed by atoms with van der Waals surface area (Å²) in [6.07, 6.45) is 0.895. The number of carbonyl (C=O) groups is 2. The summed E-state index contributed by atoms with van der Waals surface area (Å²) in [6, 6.07) is 0. The third-order valence-electron chi connectivity index (χ3n) is 4.33. The van der Waals surface area contributed by atoms with Crippen LogP contribution in [-0.4, -0.2) is 72.8 Å². The molecule has 2 heterocycles. The second-order valence-corrected chi connectivity index (χ2v) is 6.08. The highest BCUT2D eigenvalue weighted by molar-refractivity contribution is 5.87. The number of piperazine rings is 1. The highest BCUT2D eigenvalue weighted by Gasteiger charge is 2.35. The molecule has 2 rings (SSSR count). The Morgan fingerprint density at radius 2 is 1.84 bits per heavy atom. The van der Waals surface area contributed by atoms with E-state index >= 15 is 0 Å². The Bertz CT molecular complexity index is 349. The largest absolute Gasteiger partial charge is 0.339 e. The minimum absolute atomic E-state index is 0.103. The average Bonchev–Trinajstić information content (AvgIpc) is 2.72. The lowest BCUT2D eigenvalue weighted by Crippen LogP contribution is -2.50. The van der Waals surface area contributed by atoms with Crippen molar-refractivity contribution in [2.75, 3.05) is 46.3 Å². The van der Waals surface area contributed by atoms with Gasteiger partial charge in [0.05, 0.1) is 6.54 Å². The average molecular weight is 267 g/mol. The molecule has 0 unspecified atom stereocenters. The topological polar surface area (TPSA) is 43.9 Å². The molecular formula is C14H25N3O2. The number of carbonyl (C=O) groups excluding carboxylic acids is 2. The van der Waals surface area contributed by atoms with Gasteiger partial charge in [0, 0.05) is 38.6 Å². The van der Waals surface area contributed by atoms with Gasteiger partial charge in [-0.05, 0) is 19.4 Å². The van der Waals surface area contributed by atoms with Gasteiger partial charge in [-0.15, -0.1) is 0 Å². The first-order valence-electron chi connectivity index (χ1n) is 7.24. The number of likely N-dealkylation sites (tertiary alicyclic amines) is 1. The van der Waals surface area contributed by atoms with E-state index in [0.29, 0.717) is 5.92 Å².